The second-order valence-electron chi connectivity index (χ2n) is 6.07. The monoisotopic (exact) mass is 279 g/mol. The molecule has 21 heavy (non-hydrogen) atoms. The van der Waals surface area contributed by atoms with Gasteiger partial charge in [0.05, 0.1) is 22.9 Å². The van der Waals surface area contributed by atoms with Crippen LogP contribution in [0.3, 0.4) is 0 Å². The summed E-state index contributed by atoms with van der Waals surface area (Å²) in [4.78, 5) is 6.78. The Morgan fingerprint density at radius 3 is 2.62 bits per heavy atom. The number of aliphatic hydroxyl groups excluding tert-OH is 1. The minimum Gasteiger partial charge on any atom is -0.393 e. The van der Waals surface area contributed by atoms with Gasteiger partial charge in [0.25, 0.3) is 0 Å². The van der Waals surface area contributed by atoms with Crippen LogP contribution in [-0.2, 0) is 0 Å². The summed E-state index contributed by atoms with van der Waals surface area (Å²) in [5.74, 6) is 0. The van der Waals surface area contributed by atoms with Crippen molar-refractivity contribution in [2.75, 3.05) is 4.90 Å². The van der Waals surface area contributed by atoms with E-state index in [1.54, 1.807) is 6.20 Å². The van der Waals surface area contributed by atoms with Crippen molar-refractivity contribution in [2.24, 2.45) is 0 Å². The van der Waals surface area contributed by atoms with Gasteiger partial charge in [-0.2, -0.15) is 5.26 Å². The summed E-state index contributed by atoms with van der Waals surface area (Å²) in [6.45, 7) is 0. The Morgan fingerprint density at radius 1 is 1.19 bits per heavy atom. The van der Waals surface area contributed by atoms with Crippen LogP contribution in [0.1, 0.15) is 31.2 Å². The molecular formula is C17H17N3O. The van der Waals surface area contributed by atoms with Crippen LogP contribution in [0.25, 0.3) is 10.9 Å². The van der Waals surface area contributed by atoms with Crippen LogP contribution in [0, 0.1) is 11.3 Å². The van der Waals surface area contributed by atoms with Crippen molar-refractivity contribution in [2.45, 2.75) is 43.9 Å². The summed E-state index contributed by atoms with van der Waals surface area (Å²) in [5.41, 5.74) is 2.58. The van der Waals surface area contributed by atoms with Crippen molar-refractivity contribution in [1.29, 1.82) is 5.26 Å². The number of fused-ring (bicyclic) bond motifs is 3. The number of anilines is 1. The molecule has 2 unspecified atom stereocenters. The molecular weight excluding hydrogens is 262 g/mol. The molecule has 106 valence electrons. The second kappa shape index (κ2) is 4.71. The Bertz CT molecular complexity index is 722. The van der Waals surface area contributed by atoms with Crippen molar-refractivity contribution >= 4 is 16.6 Å². The quantitative estimate of drug-likeness (QED) is 0.871. The highest BCUT2D eigenvalue weighted by Crippen LogP contribution is 2.43. The minimum atomic E-state index is -0.197. The van der Waals surface area contributed by atoms with E-state index in [1.165, 1.54) is 0 Å². The van der Waals surface area contributed by atoms with Crippen molar-refractivity contribution in [3.8, 4) is 6.07 Å². The van der Waals surface area contributed by atoms with Crippen LogP contribution >= 0.6 is 0 Å². The maximum Gasteiger partial charge on any atom is 0.103 e. The number of piperidine rings is 1. The van der Waals surface area contributed by atoms with Crippen LogP contribution in [0.2, 0.25) is 0 Å². The van der Waals surface area contributed by atoms with Gasteiger partial charge >= 0.3 is 0 Å². The van der Waals surface area contributed by atoms with Gasteiger partial charge in [0, 0.05) is 23.7 Å². The first-order valence-corrected chi connectivity index (χ1v) is 7.52. The smallest absolute Gasteiger partial charge is 0.103 e. The molecule has 2 aromatic rings. The topological polar surface area (TPSA) is 60.2 Å². The van der Waals surface area contributed by atoms with Crippen LogP contribution < -0.4 is 4.90 Å². The maximum absolute atomic E-state index is 9.99. The average molecular weight is 279 g/mol. The number of pyridine rings is 1. The summed E-state index contributed by atoms with van der Waals surface area (Å²) in [7, 11) is 0. The molecule has 3 heterocycles. The lowest BCUT2D eigenvalue weighted by molar-refractivity contribution is 0.126. The first kappa shape index (κ1) is 12.6. The fraction of sp³-hybridized carbons (Fsp3) is 0.412. The van der Waals surface area contributed by atoms with Gasteiger partial charge in [0.15, 0.2) is 0 Å². The highest BCUT2D eigenvalue weighted by atomic mass is 16.3. The molecule has 1 N–H and O–H groups in total. The van der Waals surface area contributed by atoms with E-state index < -0.39 is 0 Å². The minimum absolute atomic E-state index is 0.197. The molecule has 2 aliphatic rings. The van der Waals surface area contributed by atoms with E-state index in [9.17, 15) is 10.4 Å². The summed E-state index contributed by atoms with van der Waals surface area (Å²) in [6.07, 6.45) is 5.29. The maximum atomic E-state index is 9.99. The molecule has 0 radical (unpaired) electrons. The molecule has 0 spiro atoms. The number of rotatable bonds is 1. The van der Waals surface area contributed by atoms with Gasteiger partial charge in [-0.05, 0) is 31.7 Å². The Labute approximate surface area is 123 Å². The van der Waals surface area contributed by atoms with Gasteiger partial charge in [-0.15, -0.1) is 0 Å². The third-order valence-corrected chi connectivity index (χ3v) is 4.83. The average Bonchev–Trinajstić information content (AvgIpc) is 2.77. The second-order valence-corrected chi connectivity index (χ2v) is 6.07. The van der Waals surface area contributed by atoms with E-state index in [2.05, 4.69) is 16.0 Å². The number of benzene rings is 1. The third kappa shape index (κ3) is 1.89. The van der Waals surface area contributed by atoms with Crippen molar-refractivity contribution in [3.63, 3.8) is 0 Å². The molecule has 2 bridgehead atoms. The molecule has 2 saturated heterocycles. The lowest BCUT2D eigenvalue weighted by Gasteiger charge is -2.39. The number of para-hydroxylation sites is 1. The fourth-order valence-corrected chi connectivity index (χ4v) is 4.00. The number of aromatic nitrogens is 1. The SMILES string of the molecule is N#Cc1cnc2ccccc2c1N1C2CCC1CC(O)C2. The van der Waals surface area contributed by atoms with Gasteiger partial charge in [-0.25, -0.2) is 0 Å². The molecule has 2 atom stereocenters. The number of aliphatic hydroxyl groups is 1. The molecule has 2 aliphatic heterocycles. The van der Waals surface area contributed by atoms with E-state index in [-0.39, 0.29) is 6.10 Å². The Kier molecular flexibility index (Phi) is 2.83. The summed E-state index contributed by atoms with van der Waals surface area (Å²) < 4.78 is 0. The normalized spacial score (nSPS) is 27.8. The predicted molar refractivity (Wildman–Crippen MR) is 81.0 cm³/mol. The standard InChI is InChI=1S/C17H17N3O/c18-9-11-10-19-16-4-2-1-3-15(16)17(11)20-12-5-6-13(20)8-14(21)7-12/h1-4,10,12-14,21H,5-8H2. The number of hydrogen-bond acceptors (Lipinski definition) is 4. The zero-order valence-corrected chi connectivity index (χ0v) is 11.7. The summed E-state index contributed by atoms with van der Waals surface area (Å²) >= 11 is 0. The zero-order valence-electron chi connectivity index (χ0n) is 11.7. The van der Waals surface area contributed by atoms with Gasteiger partial charge < -0.3 is 10.0 Å². The molecule has 0 aliphatic carbocycles. The van der Waals surface area contributed by atoms with Crippen molar-refractivity contribution < 1.29 is 5.11 Å². The van der Waals surface area contributed by atoms with Crippen molar-refractivity contribution in [3.05, 3.63) is 36.0 Å². The molecule has 0 saturated carbocycles. The highest BCUT2D eigenvalue weighted by Gasteiger charge is 2.41. The molecule has 4 rings (SSSR count). The largest absolute Gasteiger partial charge is 0.393 e. The van der Waals surface area contributed by atoms with Gasteiger partial charge in [-0.3, -0.25) is 4.98 Å². The molecule has 1 aromatic heterocycles. The highest BCUT2D eigenvalue weighted by molar-refractivity contribution is 5.94. The number of hydrogen-bond donors (Lipinski definition) is 1. The van der Waals surface area contributed by atoms with Gasteiger partial charge in [0.2, 0.25) is 0 Å². The van der Waals surface area contributed by atoms with E-state index in [0.717, 1.165) is 42.3 Å². The molecule has 1 aromatic carbocycles. The predicted octanol–water partition coefficient (Wildman–Crippen LogP) is 2.60. The van der Waals surface area contributed by atoms with E-state index in [0.29, 0.717) is 17.6 Å². The first-order valence-electron chi connectivity index (χ1n) is 7.52. The van der Waals surface area contributed by atoms with Crippen LogP contribution in [-0.4, -0.2) is 28.3 Å². The fourth-order valence-electron chi connectivity index (χ4n) is 4.00. The van der Waals surface area contributed by atoms with Gasteiger partial charge in [0.1, 0.15) is 6.07 Å². The lowest BCUT2D eigenvalue weighted by atomic mass is 9.97. The van der Waals surface area contributed by atoms with E-state index in [4.69, 9.17) is 0 Å². The molecule has 4 nitrogen and oxygen atoms in total. The molecule has 0 amide bonds. The third-order valence-electron chi connectivity index (χ3n) is 4.83. The number of nitriles is 1. The Balaban J connectivity index is 1.92. The van der Waals surface area contributed by atoms with Gasteiger partial charge in [-0.1, -0.05) is 18.2 Å². The van der Waals surface area contributed by atoms with E-state index >= 15 is 0 Å². The molecule has 4 heteroatoms. The zero-order chi connectivity index (χ0) is 14.4. The van der Waals surface area contributed by atoms with Crippen LogP contribution in [0.4, 0.5) is 5.69 Å². The number of nitrogens with zero attached hydrogens (tertiary/aromatic N) is 3. The first-order chi connectivity index (χ1) is 10.3. The van der Waals surface area contributed by atoms with E-state index in [1.807, 2.05) is 24.3 Å². The Morgan fingerprint density at radius 2 is 1.90 bits per heavy atom. The lowest BCUT2D eigenvalue weighted by Crippen LogP contribution is -2.45. The summed E-state index contributed by atoms with van der Waals surface area (Å²) in [6, 6.07) is 11.0. The summed E-state index contributed by atoms with van der Waals surface area (Å²) in [5, 5.41) is 20.5. The van der Waals surface area contributed by atoms with Crippen LogP contribution in [0.15, 0.2) is 30.5 Å². The van der Waals surface area contributed by atoms with Crippen molar-refractivity contribution in [1.82, 2.24) is 4.98 Å². The molecule has 2 fully saturated rings. The Hall–Kier alpha value is -2.12. The van der Waals surface area contributed by atoms with Crippen LogP contribution in [0.5, 0.6) is 0 Å².